The number of unbranched alkanes of at least 4 members (excludes halogenated alkanes) is 5. The molecule has 39 heavy (non-hydrogen) atoms. The van der Waals surface area contributed by atoms with Crippen LogP contribution in [0, 0.1) is 0 Å². The van der Waals surface area contributed by atoms with Crippen LogP contribution < -0.4 is 16.0 Å². The van der Waals surface area contributed by atoms with E-state index in [2.05, 4.69) is 36.0 Å². The first kappa shape index (κ1) is 29.8. The van der Waals surface area contributed by atoms with E-state index >= 15 is 0 Å². The Labute approximate surface area is 231 Å². The molecule has 1 aromatic carbocycles. The van der Waals surface area contributed by atoms with Crippen molar-refractivity contribution in [3.05, 3.63) is 77.9 Å². The topological polar surface area (TPSA) is 108 Å². The largest absolute Gasteiger partial charge is 0.380 e. The molecule has 0 aliphatic carbocycles. The Bertz CT molecular complexity index is 1170. The Morgan fingerprint density at radius 3 is 2.36 bits per heavy atom. The standard InChI is InChI=1S/C31H40N4O4/c1-4-7-8-9-10-11-19-32-20-22(5-2)15-16-23(6-3)21-33-25-14-12-13-24-28(25)31(39)35(30(24)38)26-17-18-27(36)34-29(26)37/h5-6,12-16,26,32-33H,2-4,7-11,17-21H2,1H3,(H,34,36,37)/b22-15+,23-16+/t26-/m1/s1. The van der Waals surface area contributed by atoms with Crippen LogP contribution in [0.4, 0.5) is 5.69 Å². The zero-order chi connectivity index (χ0) is 28.2. The van der Waals surface area contributed by atoms with Crippen molar-refractivity contribution in [1.29, 1.82) is 0 Å². The SMILES string of the molecule is C=C/C(=C\C=C(/C=C)CNc1cccc2c1C(=O)N([C@@H]1CCC(=O)NC1=O)C2=O)CNCCCCCCCC. The van der Waals surface area contributed by atoms with Crippen molar-refractivity contribution >= 4 is 29.3 Å². The fraction of sp³-hybridized carbons (Fsp3) is 0.419. The minimum absolute atomic E-state index is 0.0805. The fourth-order valence-electron chi connectivity index (χ4n) is 4.73. The number of benzene rings is 1. The van der Waals surface area contributed by atoms with Crippen molar-refractivity contribution in [2.75, 3.05) is 25.0 Å². The third-order valence-electron chi connectivity index (χ3n) is 7.02. The highest BCUT2D eigenvalue weighted by molar-refractivity contribution is 6.25. The van der Waals surface area contributed by atoms with E-state index in [1.54, 1.807) is 24.3 Å². The van der Waals surface area contributed by atoms with E-state index < -0.39 is 29.7 Å². The Morgan fingerprint density at radius 2 is 1.67 bits per heavy atom. The number of nitrogens with one attached hydrogen (secondary N) is 3. The molecule has 1 saturated heterocycles. The average Bonchev–Trinajstić information content (AvgIpc) is 3.19. The third kappa shape index (κ3) is 7.86. The van der Waals surface area contributed by atoms with Gasteiger partial charge in [0.2, 0.25) is 11.8 Å². The lowest BCUT2D eigenvalue weighted by Crippen LogP contribution is -2.54. The van der Waals surface area contributed by atoms with Gasteiger partial charge in [-0.3, -0.25) is 29.4 Å². The second-order valence-corrected chi connectivity index (χ2v) is 9.86. The summed E-state index contributed by atoms with van der Waals surface area (Å²) in [5.74, 6) is -2.10. The van der Waals surface area contributed by atoms with Crippen LogP contribution in [0.3, 0.4) is 0 Å². The molecule has 2 aliphatic heterocycles. The van der Waals surface area contributed by atoms with Gasteiger partial charge >= 0.3 is 0 Å². The average molecular weight is 533 g/mol. The number of hydrogen-bond donors (Lipinski definition) is 3. The zero-order valence-corrected chi connectivity index (χ0v) is 22.9. The number of hydrogen-bond acceptors (Lipinski definition) is 6. The summed E-state index contributed by atoms with van der Waals surface area (Å²) in [6.07, 6.45) is 15.3. The summed E-state index contributed by atoms with van der Waals surface area (Å²) in [5, 5.41) is 8.93. The molecule has 8 heteroatoms. The first-order valence-corrected chi connectivity index (χ1v) is 13.8. The van der Waals surface area contributed by atoms with Gasteiger partial charge in [0.25, 0.3) is 11.8 Å². The van der Waals surface area contributed by atoms with E-state index in [4.69, 9.17) is 0 Å². The van der Waals surface area contributed by atoms with Gasteiger partial charge in [0, 0.05) is 25.2 Å². The molecule has 0 radical (unpaired) electrons. The molecular weight excluding hydrogens is 492 g/mol. The van der Waals surface area contributed by atoms with Crippen LogP contribution in [0.5, 0.6) is 0 Å². The molecule has 0 aromatic heterocycles. The molecule has 3 N–H and O–H groups in total. The van der Waals surface area contributed by atoms with Gasteiger partial charge in [-0.05, 0) is 42.7 Å². The lowest BCUT2D eigenvalue weighted by atomic mass is 10.0. The van der Waals surface area contributed by atoms with Crippen LogP contribution in [0.2, 0.25) is 0 Å². The van der Waals surface area contributed by atoms with Gasteiger partial charge in [-0.15, -0.1) is 0 Å². The summed E-state index contributed by atoms with van der Waals surface area (Å²) in [5.41, 5.74) is 2.92. The number of carbonyl (C=O) groups excluding carboxylic acids is 4. The second-order valence-electron chi connectivity index (χ2n) is 9.86. The van der Waals surface area contributed by atoms with Crippen LogP contribution in [-0.4, -0.2) is 54.2 Å². The molecule has 0 spiro atoms. The Balaban J connectivity index is 1.60. The van der Waals surface area contributed by atoms with Crippen molar-refractivity contribution in [3.8, 4) is 0 Å². The molecule has 3 rings (SSSR count). The van der Waals surface area contributed by atoms with Crippen LogP contribution in [-0.2, 0) is 9.59 Å². The molecule has 1 fully saturated rings. The monoisotopic (exact) mass is 532 g/mol. The van der Waals surface area contributed by atoms with Crippen LogP contribution in [0.1, 0.15) is 79.0 Å². The molecule has 1 atom stereocenters. The molecule has 4 amide bonds. The van der Waals surface area contributed by atoms with Crippen LogP contribution >= 0.6 is 0 Å². The zero-order valence-electron chi connectivity index (χ0n) is 22.9. The molecule has 1 aromatic rings. The predicted molar refractivity (Wildman–Crippen MR) is 154 cm³/mol. The van der Waals surface area contributed by atoms with Gasteiger partial charge in [0.1, 0.15) is 6.04 Å². The quantitative estimate of drug-likeness (QED) is 0.162. The highest BCUT2D eigenvalue weighted by atomic mass is 16.2. The van der Waals surface area contributed by atoms with E-state index in [-0.39, 0.29) is 24.0 Å². The Hall–Kier alpha value is -3.78. The number of nitrogens with zero attached hydrogens (tertiary/aromatic N) is 1. The lowest BCUT2D eigenvalue weighted by molar-refractivity contribution is -0.136. The van der Waals surface area contributed by atoms with Crippen molar-refractivity contribution < 1.29 is 19.2 Å². The highest BCUT2D eigenvalue weighted by Crippen LogP contribution is 2.32. The highest BCUT2D eigenvalue weighted by Gasteiger charge is 2.45. The van der Waals surface area contributed by atoms with Crippen LogP contribution in [0.15, 0.2) is 66.8 Å². The van der Waals surface area contributed by atoms with E-state index in [0.29, 0.717) is 12.2 Å². The smallest absolute Gasteiger partial charge is 0.264 e. The van der Waals surface area contributed by atoms with Crippen molar-refractivity contribution in [1.82, 2.24) is 15.5 Å². The molecule has 2 heterocycles. The minimum atomic E-state index is -0.997. The van der Waals surface area contributed by atoms with Gasteiger partial charge in [0.05, 0.1) is 11.1 Å². The molecule has 208 valence electrons. The fourth-order valence-corrected chi connectivity index (χ4v) is 4.73. The Morgan fingerprint density at radius 1 is 0.974 bits per heavy atom. The maximum absolute atomic E-state index is 13.3. The molecular formula is C31H40N4O4. The summed E-state index contributed by atoms with van der Waals surface area (Å²) >= 11 is 0. The van der Waals surface area contributed by atoms with Crippen molar-refractivity contribution in [2.24, 2.45) is 0 Å². The second kappa shape index (κ2) is 15.0. The molecule has 2 aliphatic rings. The summed E-state index contributed by atoms with van der Waals surface area (Å²) in [6, 6.07) is 4.01. The number of imide groups is 2. The number of carbonyl (C=O) groups is 4. The summed E-state index contributed by atoms with van der Waals surface area (Å²) < 4.78 is 0. The lowest BCUT2D eigenvalue weighted by Gasteiger charge is -2.27. The summed E-state index contributed by atoms with van der Waals surface area (Å²) in [7, 11) is 0. The predicted octanol–water partition coefficient (Wildman–Crippen LogP) is 4.67. The molecule has 0 bridgehead atoms. The van der Waals surface area contributed by atoms with Gasteiger partial charge < -0.3 is 10.6 Å². The van der Waals surface area contributed by atoms with Gasteiger partial charge in [-0.2, -0.15) is 0 Å². The van der Waals surface area contributed by atoms with Gasteiger partial charge in [0.15, 0.2) is 0 Å². The van der Waals surface area contributed by atoms with Crippen molar-refractivity contribution in [2.45, 2.75) is 64.3 Å². The number of piperidine rings is 1. The number of fused-ring (bicyclic) bond motifs is 1. The van der Waals surface area contributed by atoms with E-state index in [1.165, 1.54) is 32.1 Å². The number of anilines is 1. The summed E-state index contributed by atoms with van der Waals surface area (Å²) in [6.45, 7) is 12.1. The normalized spacial score (nSPS) is 17.8. The number of rotatable bonds is 16. The molecule has 0 unspecified atom stereocenters. The maximum atomic E-state index is 13.3. The van der Waals surface area contributed by atoms with E-state index in [1.807, 2.05) is 18.2 Å². The third-order valence-corrected chi connectivity index (χ3v) is 7.02. The van der Waals surface area contributed by atoms with Gasteiger partial charge in [-0.25, -0.2) is 0 Å². The van der Waals surface area contributed by atoms with Crippen LogP contribution in [0.25, 0.3) is 0 Å². The minimum Gasteiger partial charge on any atom is -0.380 e. The first-order chi connectivity index (χ1) is 18.9. The maximum Gasteiger partial charge on any atom is 0.264 e. The molecule has 0 saturated carbocycles. The van der Waals surface area contributed by atoms with Gasteiger partial charge in [-0.1, -0.05) is 82.6 Å². The van der Waals surface area contributed by atoms with E-state index in [0.717, 1.165) is 35.6 Å². The van der Waals surface area contributed by atoms with Crippen molar-refractivity contribution in [3.63, 3.8) is 0 Å². The summed E-state index contributed by atoms with van der Waals surface area (Å²) in [4.78, 5) is 51.1. The number of allylic oxidation sites excluding steroid dienone is 2. The molecule has 8 nitrogen and oxygen atoms in total. The number of amides is 4. The Kier molecular flexibility index (Phi) is 11.4. The van der Waals surface area contributed by atoms with E-state index in [9.17, 15) is 19.2 Å². The first-order valence-electron chi connectivity index (χ1n) is 13.8.